The molecular formula is C20H18ClN3O4S. The van der Waals surface area contributed by atoms with Gasteiger partial charge >= 0.3 is 0 Å². The van der Waals surface area contributed by atoms with Crippen LogP contribution in [0, 0.1) is 0 Å². The molecule has 0 bridgehead atoms. The highest BCUT2D eigenvalue weighted by molar-refractivity contribution is 7.12. The van der Waals surface area contributed by atoms with Gasteiger partial charge < -0.3 is 20.4 Å². The summed E-state index contributed by atoms with van der Waals surface area (Å²) in [6, 6.07) is 10.5. The highest BCUT2D eigenvalue weighted by atomic mass is 35.5. The fourth-order valence-corrected chi connectivity index (χ4v) is 3.60. The van der Waals surface area contributed by atoms with Gasteiger partial charge in [0.2, 0.25) is 0 Å². The van der Waals surface area contributed by atoms with Crippen molar-refractivity contribution in [1.82, 2.24) is 10.3 Å². The summed E-state index contributed by atoms with van der Waals surface area (Å²) in [5, 5.41) is 7.15. The summed E-state index contributed by atoms with van der Waals surface area (Å²) in [6.45, 7) is 0.417. The molecule has 2 aromatic heterocycles. The van der Waals surface area contributed by atoms with Crippen molar-refractivity contribution in [1.29, 1.82) is 0 Å². The lowest BCUT2D eigenvalue weighted by molar-refractivity contribution is 0.0959. The number of anilines is 1. The Labute approximate surface area is 175 Å². The molecule has 0 aliphatic carbocycles. The number of pyridine rings is 1. The van der Waals surface area contributed by atoms with Crippen LogP contribution in [-0.4, -0.2) is 30.5 Å². The minimum atomic E-state index is -0.482. The second-order valence-corrected chi connectivity index (χ2v) is 7.32. The molecule has 3 N–H and O–H groups in total. The number of carbonyl (C=O) groups excluding carboxylic acids is 2. The Balaban J connectivity index is 1.63. The van der Waals surface area contributed by atoms with E-state index in [4.69, 9.17) is 16.3 Å². The summed E-state index contributed by atoms with van der Waals surface area (Å²) in [4.78, 5) is 39.0. The normalized spacial score (nSPS) is 10.4. The summed E-state index contributed by atoms with van der Waals surface area (Å²) >= 11 is 6.98. The van der Waals surface area contributed by atoms with Crippen molar-refractivity contribution in [2.24, 2.45) is 0 Å². The lowest BCUT2D eigenvalue weighted by atomic mass is 10.1. The number of H-pyrrole nitrogens is 1. The number of carbonyl (C=O) groups is 2. The molecule has 0 radical (unpaired) electrons. The monoisotopic (exact) mass is 431 g/mol. The fraction of sp³-hybridized carbons (Fsp3) is 0.150. The highest BCUT2D eigenvalue weighted by Crippen LogP contribution is 2.23. The van der Waals surface area contributed by atoms with Crippen LogP contribution in [0.1, 0.15) is 25.6 Å². The zero-order valence-electron chi connectivity index (χ0n) is 15.5. The van der Waals surface area contributed by atoms with Crippen LogP contribution >= 0.6 is 22.9 Å². The van der Waals surface area contributed by atoms with Crippen LogP contribution in [0.5, 0.6) is 5.75 Å². The number of methoxy groups -OCH3 is 1. The van der Waals surface area contributed by atoms with E-state index in [1.807, 2.05) is 24.3 Å². The smallest absolute Gasteiger partial charge is 0.266 e. The van der Waals surface area contributed by atoms with Gasteiger partial charge in [0.15, 0.2) is 0 Å². The molecule has 0 spiro atoms. The Morgan fingerprint density at radius 3 is 2.76 bits per heavy atom. The molecule has 7 nitrogen and oxygen atoms in total. The quantitative estimate of drug-likeness (QED) is 0.534. The summed E-state index contributed by atoms with van der Waals surface area (Å²) in [7, 11) is 1.60. The van der Waals surface area contributed by atoms with E-state index in [0.717, 1.165) is 11.3 Å². The van der Waals surface area contributed by atoms with E-state index in [1.54, 1.807) is 18.6 Å². The molecule has 150 valence electrons. The molecule has 2 heterocycles. The van der Waals surface area contributed by atoms with Crippen LogP contribution in [0.25, 0.3) is 0 Å². The number of benzene rings is 1. The van der Waals surface area contributed by atoms with E-state index >= 15 is 0 Å². The van der Waals surface area contributed by atoms with E-state index in [2.05, 4.69) is 15.6 Å². The van der Waals surface area contributed by atoms with E-state index in [-0.39, 0.29) is 16.5 Å². The van der Waals surface area contributed by atoms with Crippen molar-refractivity contribution in [3.63, 3.8) is 0 Å². The van der Waals surface area contributed by atoms with E-state index < -0.39 is 11.5 Å². The average molecular weight is 432 g/mol. The maximum atomic E-state index is 12.5. The zero-order valence-corrected chi connectivity index (χ0v) is 17.0. The van der Waals surface area contributed by atoms with Gasteiger partial charge in [-0.1, -0.05) is 29.8 Å². The summed E-state index contributed by atoms with van der Waals surface area (Å²) < 4.78 is 5.31. The van der Waals surface area contributed by atoms with Crippen molar-refractivity contribution < 1.29 is 14.3 Å². The van der Waals surface area contributed by atoms with Crippen molar-refractivity contribution in [2.45, 2.75) is 6.42 Å². The Kier molecular flexibility index (Phi) is 6.69. The molecule has 0 saturated carbocycles. The number of ether oxygens (including phenoxy) is 1. The number of rotatable bonds is 7. The van der Waals surface area contributed by atoms with Gasteiger partial charge in [-0.2, -0.15) is 0 Å². The molecule has 3 aromatic rings. The molecule has 0 atom stereocenters. The Bertz CT molecular complexity index is 1090. The second-order valence-electron chi connectivity index (χ2n) is 6.00. The predicted octanol–water partition coefficient (Wildman–Crippen LogP) is 3.32. The standard InChI is InChI=1S/C20H18ClN3O4S/c1-28-16-5-3-2-4-12(16)6-8-22-20(27)17-15(7-9-29-17)24-18(25)13-10-14(21)19(26)23-11-13/h2-5,7,9-11H,6,8H2,1H3,(H,22,27)(H,23,26)(H,24,25). The molecule has 9 heteroatoms. The number of para-hydroxylation sites is 1. The van der Waals surface area contributed by atoms with Crippen molar-refractivity contribution >= 4 is 40.4 Å². The maximum Gasteiger partial charge on any atom is 0.266 e. The average Bonchev–Trinajstić information content (AvgIpc) is 3.18. The van der Waals surface area contributed by atoms with E-state index in [9.17, 15) is 14.4 Å². The van der Waals surface area contributed by atoms with Gasteiger partial charge in [0.1, 0.15) is 15.6 Å². The first-order valence-electron chi connectivity index (χ1n) is 8.66. The molecule has 0 aliphatic rings. The molecular weight excluding hydrogens is 414 g/mol. The summed E-state index contributed by atoms with van der Waals surface area (Å²) in [6.07, 6.45) is 1.88. The topological polar surface area (TPSA) is 100 Å². The fourth-order valence-electron chi connectivity index (χ4n) is 2.67. The molecule has 0 unspecified atom stereocenters. The largest absolute Gasteiger partial charge is 0.496 e. The van der Waals surface area contributed by atoms with Gasteiger partial charge in [-0.3, -0.25) is 14.4 Å². The van der Waals surface area contributed by atoms with Crippen molar-refractivity contribution in [3.8, 4) is 5.75 Å². The van der Waals surface area contributed by atoms with Gasteiger partial charge in [-0.25, -0.2) is 0 Å². The van der Waals surface area contributed by atoms with E-state index in [1.165, 1.54) is 23.6 Å². The molecule has 0 aliphatic heterocycles. The Morgan fingerprint density at radius 2 is 2.00 bits per heavy atom. The van der Waals surface area contributed by atoms with Crippen molar-refractivity contribution in [2.75, 3.05) is 19.0 Å². The SMILES string of the molecule is COc1ccccc1CCNC(=O)c1sccc1NC(=O)c1c[nH]c(=O)c(Cl)c1. The molecule has 3 rings (SSSR count). The lowest BCUT2D eigenvalue weighted by Crippen LogP contribution is -2.26. The number of hydrogen-bond donors (Lipinski definition) is 3. The molecule has 29 heavy (non-hydrogen) atoms. The lowest BCUT2D eigenvalue weighted by Gasteiger charge is -2.10. The highest BCUT2D eigenvalue weighted by Gasteiger charge is 2.16. The number of aromatic amines is 1. The van der Waals surface area contributed by atoms with Crippen LogP contribution in [0.4, 0.5) is 5.69 Å². The van der Waals surface area contributed by atoms with Gasteiger partial charge in [0.05, 0.1) is 18.4 Å². The number of halogens is 1. The zero-order chi connectivity index (χ0) is 20.8. The number of thiophene rings is 1. The van der Waals surface area contributed by atoms with E-state index in [0.29, 0.717) is 23.5 Å². The third kappa shape index (κ3) is 5.04. The molecule has 0 saturated heterocycles. The minimum Gasteiger partial charge on any atom is -0.496 e. The van der Waals surface area contributed by atoms with Crippen molar-refractivity contribution in [3.05, 3.63) is 79.4 Å². The third-order valence-electron chi connectivity index (χ3n) is 4.11. The number of nitrogens with one attached hydrogen (secondary N) is 3. The van der Waals surface area contributed by atoms with Crippen LogP contribution < -0.4 is 20.9 Å². The van der Waals surface area contributed by atoms with Crippen LogP contribution in [0.3, 0.4) is 0 Å². The maximum absolute atomic E-state index is 12.5. The second kappa shape index (κ2) is 9.40. The molecule has 1 aromatic carbocycles. The predicted molar refractivity (Wildman–Crippen MR) is 113 cm³/mol. The molecule has 0 fully saturated rings. The minimum absolute atomic E-state index is 0.0859. The Morgan fingerprint density at radius 1 is 1.21 bits per heavy atom. The summed E-state index contributed by atoms with van der Waals surface area (Å²) in [5.41, 5.74) is 1.08. The van der Waals surface area contributed by atoms with Gasteiger partial charge in [-0.15, -0.1) is 11.3 Å². The first-order valence-corrected chi connectivity index (χ1v) is 9.92. The Hall–Kier alpha value is -3.10. The first-order chi connectivity index (χ1) is 14.0. The van der Waals surface area contributed by atoms with Crippen LogP contribution in [0.2, 0.25) is 5.02 Å². The third-order valence-corrected chi connectivity index (χ3v) is 5.31. The number of amides is 2. The number of aromatic nitrogens is 1. The van der Waals surface area contributed by atoms with Crippen LogP contribution in [-0.2, 0) is 6.42 Å². The molecule has 2 amide bonds. The van der Waals surface area contributed by atoms with Crippen LogP contribution in [0.15, 0.2) is 52.8 Å². The number of hydrogen-bond acceptors (Lipinski definition) is 5. The first kappa shape index (κ1) is 20.6. The van der Waals surface area contributed by atoms with Gasteiger partial charge in [0, 0.05) is 12.7 Å². The summed E-state index contributed by atoms with van der Waals surface area (Å²) in [5.74, 6) is -0.000269. The van der Waals surface area contributed by atoms with Gasteiger partial charge in [-0.05, 0) is 35.6 Å². The van der Waals surface area contributed by atoms with Gasteiger partial charge in [0.25, 0.3) is 17.4 Å².